The molecule has 2 aromatic heterocycles. The molecule has 0 aliphatic carbocycles. The fourth-order valence-electron chi connectivity index (χ4n) is 3.58. The van der Waals surface area contributed by atoms with Crippen LogP contribution in [0, 0.1) is 0 Å². The quantitative estimate of drug-likeness (QED) is 0.432. The number of methoxy groups -OCH3 is 3. The Kier molecular flexibility index (Phi) is 6.32. The number of benzene rings is 2. The van der Waals surface area contributed by atoms with Crippen LogP contribution in [0.25, 0.3) is 21.5 Å². The number of hydrogen-bond donors (Lipinski definition) is 1. The van der Waals surface area contributed by atoms with Crippen molar-refractivity contribution in [1.82, 2.24) is 15.1 Å². The second kappa shape index (κ2) is 9.32. The molecule has 166 valence electrons. The summed E-state index contributed by atoms with van der Waals surface area (Å²) in [6.45, 7) is 0.517. The van der Waals surface area contributed by atoms with E-state index in [4.69, 9.17) is 14.2 Å². The lowest BCUT2D eigenvalue weighted by Gasteiger charge is -2.10. The van der Waals surface area contributed by atoms with E-state index in [-0.39, 0.29) is 5.91 Å². The minimum absolute atomic E-state index is 0.0942. The van der Waals surface area contributed by atoms with Crippen LogP contribution in [-0.2, 0) is 13.5 Å². The van der Waals surface area contributed by atoms with Gasteiger partial charge < -0.3 is 19.5 Å². The number of aromatic nitrogens is 2. The Morgan fingerprint density at radius 3 is 2.59 bits per heavy atom. The largest absolute Gasteiger partial charge is 0.497 e. The molecule has 2 heterocycles. The zero-order valence-electron chi connectivity index (χ0n) is 18.5. The second-order valence-corrected chi connectivity index (χ2v) is 8.26. The average molecular weight is 452 g/mol. The Hall–Kier alpha value is -3.52. The summed E-state index contributed by atoms with van der Waals surface area (Å²) in [5, 5.41) is 8.61. The Morgan fingerprint density at radius 1 is 1.03 bits per heavy atom. The van der Waals surface area contributed by atoms with Gasteiger partial charge in [0.15, 0.2) is 11.5 Å². The van der Waals surface area contributed by atoms with Crippen LogP contribution < -0.4 is 19.5 Å². The Labute approximate surface area is 190 Å². The van der Waals surface area contributed by atoms with Gasteiger partial charge in [0.2, 0.25) is 0 Å². The highest BCUT2D eigenvalue weighted by Gasteiger charge is 2.18. The van der Waals surface area contributed by atoms with Crippen LogP contribution in [-0.4, -0.2) is 43.6 Å². The summed E-state index contributed by atoms with van der Waals surface area (Å²) in [7, 11) is 6.75. The number of fused-ring (bicyclic) bond motifs is 1. The molecule has 2 aromatic carbocycles. The third-order valence-electron chi connectivity index (χ3n) is 5.23. The van der Waals surface area contributed by atoms with Crippen molar-refractivity contribution in [2.75, 3.05) is 27.9 Å². The van der Waals surface area contributed by atoms with Gasteiger partial charge in [-0.2, -0.15) is 5.10 Å². The summed E-state index contributed by atoms with van der Waals surface area (Å²) >= 11 is 1.44. The standard InChI is InChI=1S/C24H25N3O4S/c1-27-24-18(22(26-27)16-6-5-7-17(13-16)29-2)14-21(32-24)23(28)25-11-10-15-8-9-19(30-3)20(12-15)31-4/h5-9,12-14H,10-11H2,1-4H3,(H,25,28). The molecule has 4 aromatic rings. The first-order valence-corrected chi connectivity index (χ1v) is 11.0. The minimum Gasteiger partial charge on any atom is -0.497 e. The number of rotatable bonds is 8. The van der Waals surface area contributed by atoms with E-state index in [1.54, 1.807) is 21.3 Å². The third-order valence-corrected chi connectivity index (χ3v) is 6.43. The van der Waals surface area contributed by atoms with E-state index in [2.05, 4.69) is 10.4 Å². The zero-order chi connectivity index (χ0) is 22.7. The van der Waals surface area contributed by atoms with Crippen molar-refractivity contribution >= 4 is 27.5 Å². The molecule has 0 fully saturated rings. The van der Waals surface area contributed by atoms with Gasteiger partial charge in [-0.05, 0) is 42.3 Å². The topological polar surface area (TPSA) is 74.6 Å². The molecule has 32 heavy (non-hydrogen) atoms. The molecule has 1 amide bonds. The van der Waals surface area contributed by atoms with E-state index >= 15 is 0 Å². The molecule has 0 aliphatic rings. The van der Waals surface area contributed by atoms with Gasteiger partial charge in [-0.15, -0.1) is 11.3 Å². The Bertz CT molecular complexity index is 1260. The maximum absolute atomic E-state index is 12.8. The van der Waals surface area contributed by atoms with Gasteiger partial charge in [-0.3, -0.25) is 9.48 Å². The van der Waals surface area contributed by atoms with Crippen molar-refractivity contribution in [3.63, 3.8) is 0 Å². The molecule has 4 rings (SSSR count). The molecule has 0 spiro atoms. The summed E-state index contributed by atoms with van der Waals surface area (Å²) in [6, 6.07) is 15.4. The van der Waals surface area contributed by atoms with Crippen molar-refractivity contribution in [3.05, 3.63) is 59.0 Å². The van der Waals surface area contributed by atoms with Gasteiger partial charge in [0.1, 0.15) is 16.3 Å². The predicted molar refractivity (Wildman–Crippen MR) is 126 cm³/mol. The highest BCUT2D eigenvalue weighted by Crippen LogP contribution is 2.34. The molecule has 0 unspecified atom stereocenters. The average Bonchev–Trinajstić information content (AvgIpc) is 3.39. The van der Waals surface area contributed by atoms with Crippen molar-refractivity contribution < 1.29 is 19.0 Å². The first-order chi connectivity index (χ1) is 15.5. The summed E-state index contributed by atoms with van der Waals surface area (Å²) < 4.78 is 17.8. The fourth-order valence-corrected chi connectivity index (χ4v) is 4.57. The Balaban J connectivity index is 1.48. The number of carbonyl (C=O) groups is 1. The first kappa shape index (κ1) is 21.7. The fraction of sp³-hybridized carbons (Fsp3) is 0.250. The highest BCUT2D eigenvalue weighted by atomic mass is 32.1. The van der Waals surface area contributed by atoms with Crippen LogP contribution in [0.4, 0.5) is 0 Å². The minimum atomic E-state index is -0.0942. The van der Waals surface area contributed by atoms with E-state index in [1.807, 2.05) is 60.3 Å². The normalized spacial score (nSPS) is 10.9. The molecule has 0 saturated heterocycles. The first-order valence-electron chi connectivity index (χ1n) is 10.1. The van der Waals surface area contributed by atoms with Crippen molar-refractivity contribution in [3.8, 4) is 28.5 Å². The Morgan fingerprint density at radius 2 is 1.84 bits per heavy atom. The van der Waals surface area contributed by atoms with E-state index in [0.29, 0.717) is 29.3 Å². The molecule has 8 heteroatoms. The van der Waals surface area contributed by atoms with Gasteiger partial charge in [0.25, 0.3) is 5.91 Å². The number of aryl methyl sites for hydroxylation is 1. The SMILES string of the molecule is COc1cccc(-c2nn(C)c3sc(C(=O)NCCc4ccc(OC)c(OC)c4)cc23)c1. The van der Waals surface area contributed by atoms with Crippen LogP contribution in [0.15, 0.2) is 48.5 Å². The molecule has 0 bridgehead atoms. The van der Waals surface area contributed by atoms with Crippen LogP contribution >= 0.6 is 11.3 Å². The molecule has 0 saturated carbocycles. The van der Waals surface area contributed by atoms with Gasteiger partial charge in [-0.25, -0.2) is 0 Å². The lowest BCUT2D eigenvalue weighted by atomic mass is 10.1. The van der Waals surface area contributed by atoms with E-state index in [9.17, 15) is 4.79 Å². The molecule has 0 radical (unpaired) electrons. The van der Waals surface area contributed by atoms with E-state index in [1.165, 1.54) is 11.3 Å². The van der Waals surface area contributed by atoms with Gasteiger partial charge >= 0.3 is 0 Å². The van der Waals surface area contributed by atoms with Crippen LogP contribution in [0.1, 0.15) is 15.2 Å². The van der Waals surface area contributed by atoms with Gasteiger partial charge in [0, 0.05) is 24.5 Å². The van der Waals surface area contributed by atoms with Crippen molar-refractivity contribution in [2.24, 2.45) is 7.05 Å². The van der Waals surface area contributed by atoms with Crippen molar-refractivity contribution in [1.29, 1.82) is 0 Å². The van der Waals surface area contributed by atoms with Gasteiger partial charge in [0.05, 0.1) is 26.2 Å². The number of amides is 1. The maximum Gasteiger partial charge on any atom is 0.261 e. The lowest BCUT2D eigenvalue weighted by molar-refractivity contribution is 0.0958. The number of carbonyl (C=O) groups excluding carboxylic acids is 1. The smallest absolute Gasteiger partial charge is 0.261 e. The third kappa shape index (κ3) is 4.27. The molecule has 7 nitrogen and oxygen atoms in total. The van der Waals surface area contributed by atoms with E-state index in [0.717, 1.165) is 32.8 Å². The number of nitrogens with one attached hydrogen (secondary N) is 1. The second-order valence-electron chi connectivity index (χ2n) is 7.23. The predicted octanol–water partition coefficient (Wildman–Crippen LogP) is 4.30. The summed E-state index contributed by atoms with van der Waals surface area (Å²) in [4.78, 5) is 14.4. The van der Waals surface area contributed by atoms with Crippen LogP contribution in [0.5, 0.6) is 17.2 Å². The molecule has 0 aliphatic heterocycles. The highest BCUT2D eigenvalue weighted by molar-refractivity contribution is 7.20. The summed E-state index contributed by atoms with van der Waals surface area (Å²) in [6.07, 6.45) is 0.688. The molecule has 1 N–H and O–H groups in total. The molecular weight excluding hydrogens is 426 g/mol. The monoisotopic (exact) mass is 451 g/mol. The number of hydrogen-bond acceptors (Lipinski definition) is 6. The number of nitrogens with zero attached hydrogens (tertiary/aromatic N) is 2. The van der Waals surface area contributed by atoms with Crippen LogP contribution in [0.2, 0.25) is 0 Å². The summed E-state index contributed by atoms with van der Waals surface area (Å²) in [5.74, 6) is 2.04. The maximum atomic E-state index is 12.8. The summed E-state index contributed by atoms with van der Waals surface area (Å²) in [5.41, 5.74) is 2.85. The zero-order valence-corrected chi connectivity index (χ0v) is 19.3. The molecule has 0 atom stereocenters. The van der Waals surface area contributed by atoms with Gasteiger partial charge in [-0.1, -0.05) is 18.2 Å². The molecular formula is C24H25N3O4S. The lowest BCUT2D eigenvalue weighted by Crippen LogP contribution is -2.24. The van der Waals surface area contributed by atoms with Crippen LogP contribution in [0.3, 0.4) is 0 Å². The van der Waals surface area contributed by atoms with Crippen molar-refractivity contribution in [2.45, 2.75) is 6.42 Å². The number of thiophene rings is 1. The number of ether oxygens (including phenoxy) is 3. The van der Waals surface area contributed by atoms with E-state index < -0.39 is 0 Å².